The Bertz CT molecular complexity index is 1710. The van der Waals surface area contributed by atoms with Crippen molar-refractivity contribution in [1.29, 1.82) is 0 Å². The Morgan fingerprint density at radius 3 is 2.56 bits per heavy atom. The van der Waals surface area contributed by atoms with Crippen molar-refractivity contribution >= 4 is 34.6 Å². The third-order valence-electron chi connectivity index (χ3n) is 13.5. The van der Waals surface area contributed by atoms with E-state index in [9.17, 15) is 24.3 Å². The van der Waals surface area contributed by atoms with Gasteiger partial charge in [0.05, 0.1) is 24.0 Å². The number of fused-ring (bicyclic) bond motifs is 5. The number of thioether (sulfide) groups is 1. The third kappa shape index (κ3) is 6.00. The topological polar surface area (TPSA) is 120 Å². The van der Waals surface area contributed by atoms with Gasteiger partial charge in [-0.05, 0) is 92.6 Å². The number of hydrogen-bond donors (Lipinski definition) is 1. The van der Waals surface area contributed by atoms with Crippen LogP contribution in [0.1, 0.15) is 90.6 Å². The quantitative estimate of drug-likeness (QED) is 0.228. The number of esters is 2. The predicted octanol–water partition coefficient (Wildman–Crippen LogP) is 7.25. The van der Waals surface area contributed by atoms with Gasteiger partial charge in [-0.25, -0.2) is 13.6 Å². The Kier molecular flexibility index (Phi) is 10.5. The molecule has 0 aliphatic heterocycles. The first kappa shape index (κ1) is 38.5. The molecule has 0 saturated heterocycles. The monoisotopic (exact) mass is 740 g/mol. The number of carbonyl (C=O) groups excluding carboxylic acids is 4. The summed E-state index contributed by atoms with van der Waals surface area (Å²) in [4.78, 5) is 53.4. The first-order valence-corrected chi connectivity index (χ1v) is 19.5. The van der Waals surface area contributed by atoms with Gasteiger partial charge in [-0.1, -0.05) is 70.7 Å². The molecule has 1 aromatic rings. The number of furan rings is 1. The molecule has 4 fully saturated rings. The molecular formula is C41H50F2O8S. The zero-order valence-corrected chi connectivity index (χ0v) is 31.6. The number of aliphatic hydroxyl groups excluding tert-OH is 1. The molecule has 282 valence electrons. The molecule has 11 heteroatoms. The molecule has 4 saturated carbocycles. The van der Waals surface area contributed by atoms with E-state index in [2.05, 4.69) is 32.6 Å². The lowest BCUT2D eigenvalue weighted by molar-refractivity contribution is -0.221. The van der Waals surface area contributed by atoms with Gasteiger partial charge in [0.15, 0.2) is 23.7 Å². The first-order chi connectivity index (χ1) is 24.5. The van der Waals surface area contributed by atoms with Gasteiger partial charge in [0.25, 0.3) is 0 Å². The fraction of sp³-hybridized carbons (Fsp3) is 0.659. The van der Waals surface area contributed by atoms with Gasteiger partial charge in [0.2, 0.25) is 10.9 Å². The summed E-state index contributed by atoms with van der Waals surface area (Å²) in [6.45, 7) is 11.3. The zero-order valence-electron chi connectivity index (χ0n) is 30.8. The minimum atomic E-state index is -2.35. The standard InChI is InChI=1S/C41H50F2O8S/c1-23(2)27-12-11-24(3)18-28(27)35(46)50-15-7-8-17-52-37(48)41(51-36(47)33-10-9-16-49-33)25(4)19-29-30-21-32(42)31-20-26(44)13-14-38(31,5)40(30,43)34(45)22-39(29,41)6/h9-10,13-14,16,20,23-25,27-30,32,34,45H,11-12,15,17-19,21-22H2,1-6H3/t24?,25-,27?,28?,29+,30+,32+,34+,38+,39+,40+,41+/m1/s1. The number of alkyl halides is 2. The van der Waals surface area contributed by atoms with E-state index in [1.165, 1.54) is 37.5 Å². The number of halogens is 2. The Balaban J connectivity index is 1.24. The second kappa shape index (κ2) is 14.2. The van der Waals surface area contributed by atoms with Crippen LogP contribution in [-0.4, -0.2) is 63.8 Å². The molecule has 1 aromatic heterocycles. The highest BCUT2D eigenvalue weighted by Crippen LogP contribution is 2.72. The molecule has 0 spiro atoms. The molecule has 52 heavy (non-hydrogen) atoms. The highest BCUT2D eigenvalue weighted by molar-refractivity contribution is 8.14. The predicted molar refractivity (Wildman–Crippen MR) is 191 cm³/mol. The summed E-state index contributed by atoms with van der Waals surface area (Å²) in [5.41, 5.74) is -7.10. The van der Waals surface area contributed by atoms with E-state index in [0.29, 0.717) is 11.8 Å². The summed E-state index contributed by atoms with van der Waals surface area (Å²) < 4.78 is 50.9. The third-order valence-corrected chi connectivity index (χ3v) is 14.3. The molecule has 12 atom stereocenters. The van der Waals surface area contributed by atoms with Crippen molar-refractivity contribution in [1.82, 2.24) is 0 Å². The molecule has 0 radical (unpaired) electrons. The lowest BCUT2D eigenvalue weighted by atomic mass is 9.44. The van der Waals surface area contributed by atoms with E-state index in [1.807, 2.05) is 0 Å². The number of rotatable bonds is 7. The second-order valence-electron chi connectivity index (χ2n) is 16.6. The van der Waals surface area contributed by atoms with E-state index < -0.39 is 69.0 Å². The minimum Gasteiger partial charge on any atom is -0.457 e. The second-order valence-corrected chi connectivity index (χ2v) is 17.5. The van der Waals surface area contributed by atoms with E-state index in [0.717, 1.165) is 37.1 Å². The Morgan fingerprint density at radius 2 is 1.87 bits per heavy atom. The zero-order chi connectivity index (χ0) is 37.8. The number of ketones is 1. The van der Waals surface area contributed by atoms with Crippen molar-refractivity contribution in [3.63, 3.8) is 0 Å². The van der Waals surface area contributed by atoms with Gasteiger partial charge in [-0.3, -0.25) is 14.4 Å². The largest absolute Gasteiger partial charge is 0.457 e. The van der Waals surface area contributed by atoms with Gasteiger partial charge in [-0.15, -0.1) is 0 Å². The summed E-state index contributed by atoms with van der Waals surface area (Å²) in [6.07, 6.45) is 4.23. The molecule has 5 aliphatic carbocycles. The van der Waals surface area contributed by atoms with Gasteiger partial charge in [-0.2, -0.15) is 0 Å². The summed E-state index contributed by atoms with van der Waals surface area (Å²) in [5, 5.41) is 11.3. The fourth-order valence-electron chi connectivity index (χ4n) is 10.8. The van der Waals surface area contributed by atoms with Crippen LogP contribution in [0.3, 0.4) is 0 Å². The van der Waals surface area contributed by atoms with Crippen LogP contribution < -0.4 is 0 Å². The number of aliphatic hydroxyl groups is 1. The number of allylic oxidation sites excluding steroid dienone is 4. The summed E-state index contributed by atoms with van der Waals surface area (Å²) in [5.74, 6) is 2.56. The molecule has 0 aromatic carbocycles. The van der Waals surface area contributed by atoms with E-state index in [-0.39, 0.29) is 60.8 Å². The van der Waals surface area contributed by atoms with Gasteiger partial charge in [0, 0.05) is 22.7 Å². The Hall–Kier alpha value is -3.23. The van der Waals surface area contributed by atoms with Crippen molar-refractivity contribution in [3.05, 3.63) is 48.0 Å². The van der Waals surface area contributed by atoms with Crippen LogP contribution in [-0.2, 0) is 23.9 Å². The average molecular weight is 741 g/mol. The van der Waals surface area contributed by atoms with Crippen LogP contribution in [0.15, 0.2) is 46.6 Å². The molecule has 0 amide bonds. The summed E-state index contributed by atoms with van der Waals surface area (Å²) >= 11 is 0.841. The molecule has 0 bridgehead atoms. The molecule has 1 heterocycles. The van der Waals surface area contributed by atoms with Crippen molar-refractivity contribution in [2.24, 2.45) is 52.3 Å². The minimum absolute atomic E-state index is 0.00435. The van der Waals surface area contributed by atoms with Crippen molar-refractivity contribution < 1.29 is 47.0 Å². The molecule has 6 rings (SSSR count). The van der Waals surface area contributed by atoms with E-state index >= 15 is 8.78 Å². The van der Waals surface area contributed by atoms with E-state index in [4.69, 9.17) is 13.9 Å². The Morgan fingerprint density at radius 1 is 1.12 bits per heavy atom. The van der Waals surface area contributed by atoms with Crippen LogP contribution in [0.5, 0.6) is 0 Å². The van der Waals surface area contributed by atoms with Gasteiger partial charge in [0.1, 0.15) is 6.17 Å². The van der Waals surface area contributed by atoms with Crippen molar-refractivity contribution in [2.75, 3.05) is 12.4 Å². The average Bonchev–Trinajstić information content (AvgIpc) is 3.71. The highest BCUT2D eigenvalue weighted by atomic mass is 32.2. The smallest absolute Gasteiger partial charge is 0.375 e. The lowest BCUT2D eigenvalue weighted by Crippen LogP contribution is -2.70. The summed E-state index contributed by atoms with van der Waals surface area (Å²) in [7, 11) is 0. The van der Waals surface area contributed by atoms with Crippen LogP contribution in [0.25, 0.3) is 0 Å². The molecule has 1 N–H and O–H groups in total. The number of carbonyl (C=O) groups is 4. The number of ether oxygens (including phenoxy) is 2. The number of hydrogen-bond acceptors (Lipinski definition) is 9. The van der Waals surface area contributed by atoms with Crippen molar-refractivity contribution in [2.45, 2.75) is 104 Å². The normalized spacial score (nSPS) is 40.8. The molecule has 5 aliphatic rings. The van der Waals surface area contributed by atoms with Gasteiger partial charge >= 0.3 is 11.9 Å². The van der Waals surface area contributed by atoms with Crippen LogP contribution >= 0.6 is 11.8 Å². The Labute approximate surface area is 308 Å². The maximum Gasteiger partial charge on any atom is 0.375 e. The molecule has 3 unspecified atom stereocenters. The highest BCUT2D eigenvalue weighted by Gasteiger charge is 2.78. The fourth-order valence-corrected chi connectivity index (χ4v) is 11.8. The first-order valence-electron chi connectivity index (χ1n) is 18.5. The molecule has 8 nitrogen and oxygen atoms in total. The van der Waals surface area contributed by atoms with Crippen LogP contribution in [0, 0.1) is 64.1 Å². The van der Waals surface area contributed by atoms with Crippen LogP contribution in [0.2, 0.25) is 0 Å². The summed E-state index contributed by atoms with van der Waals surface area (Å²) in [6, 6.07) is 2.93. The van der Waals surface area contributed by atoms with Crippen molar-refractivity contribution in [3.8, 4) is 11.8 Å². The lowest BCUT2D eigenvalue weighted by Gasteiger charge is -2.63. The maximum atomic E-state index is 17.8. The maximum absolute atomic E-state index is 17.8. The SMILES string of the molecule is CC1CCC(C(C)C)C(C(=O)OCC#CCSC(=O)[C@@]2(OC(=O)c3ccco3)[C@H](C)C[C@H]3[C@@H]4C[C@H](F)C5=CC(=O)C=C[C@]5(C)[C@@]4(F)[C@@H](O)C[C@@]32C)C1. The van der Waals surface area contributed by atoms with Gasteiger partial charge < -0.3 is 19.0 Å². The van der Waals surface area contributed by atoms with E-state index in [1.54, 1.807) is 13.8 Å². The molecular weight excluding hydrogens is 691 g/mol. The van der Waals surface area contributed by atoms with Crippen LogP contribution in [0.4, 0.5) is 8.78 Å².